The lowest BCUT2D eigenvalue weighted by Crippen LogP contribution is -2.41. The number of aliphatic hydroxyl groups is 1. The number of ether oxygens (including phenoxy) is 1. The van der Waals surface area contributed by atoms with Crippen molar-refractivity contribution in [3.8, 4) is 5.75 Å². The Morgan fingerprint density at radius 1 is 1.32 bits per heavy atom. The van der Waals surface area contributed by atoms with Crippen LogP contribution in [0.4, 0.5) is 0 Å². The van der Waals surface area contributed by atoms with Crippen LogP contribution in [0, 0.1) is 0 Å². The number of aliphatic hydroxyl groups excluding tert-OH is 1. The molecule has 0 radical (unpaired) electrons. The molecule has 0 heterocycles. The highest BCUT2D eigenvalue weighted by atomic mass is 35.5. The van der Waals surface area contributed by atoms with E-state index in [0.717, 1.165) is 31.2 Å². The minimum absolute atomic E-state index is 0.135. The van der Waals surface area contributed by atoms with Crippen molar-refractivity contribution in [2.24, 2.45) is 0 Å². The number of methoxy groups -OCH3 is 1. The third kappa shape index (κ3) is 3.76. The lowest BCUT2D eigenvalue weighted by atomic mass is 9.92. The average molecular weight is 304 g/mol. The van der Waals surface area contributed by atoms with Crippen LogP contribution in [-0.2, 0) is 6.54 Å². The fraction of sp³-hybridized carbons (Fsp3) is 0.571. The van der Waals surface area contributed by atoms with Gasteiger partial charge in [-0.05, 0) is 25.0 Å². The highest BCUT2D eigenvalue weighted by Gasteiger charge is 2.22. The van der Waals surface area contributed by atoms with Crippen molar-refractivity contribution in [1.29, 1.82) is 0 Å². The molecule has 19 heavy (non-hydrogen) atoms. The van der Waals surface area contributed by atoms with Crippen molar-refractivity contribution in [3.05, 3.63) is 27.7 Å². The fourth-order valence-corrected chi connectivity index (χ4v) is 3.18. The van der Waals surface area contributed by atoms with E-state index in [4.69, 9.17) is 27.9 Å². The second kappa shape index (κ2) is 6.80. The molecule has 1 aliphatic rings. The van der Waals surface area contributed by atoms with Crippen LogP contribution in [0.3, 0.4) is 0 Å². The van der Waals surface area contributed by atoms with E-state index < -0.39 is 0 Å². The lowest BCUT2D eigenvalue weighted by molar-refractivity contribution is 0.0901. The molecule has 5 heteroatoms. The van der Waals surface area contributed by atoms with Crippen LogP contribution < -0.4 is 10.1 Å². The maximum absolute atomic E-state index is 9.94. The smallest absolute Gasteiger partial charge is 0.142 e. The van der Waals surface area contributed by atoms with E-state index >= 15 is 0 Å². The standard InChI is InChI=1S/C14H19Cl2NO2/c1-19-14-9(6-10(15)7-11(14)16)8-17-12-4-2-3-5-13(12)18/h6-7,12-13,17-18H,2-5,8H2,1H3. The number of nitrogens with one attached hydrogen (secondary N) is 1. The Kier molecular flexibility index (Phi) is 5.34. The first-order valence-electron chi connectivity index (χ1n) is 6.55. The van der Waals surface area contributed by atoms with Gasteiger partial charge in [0.1, 0.15) is 5.75 Å². The third-order valence-corrected chi connectivity index (χ3v) is 4.07. The van der Waals surface area contributed by atoms with Gasteiger partial charge in [-0.3, -0.25) is 0 Å². The molecule has 1 aromatic carbocycles. The summed E-state index contributed by atoms with van der Waals surface area (Å²) in [6.07, 6.45) is 3.85. The van der Waals surface area contributed by atoms with E-state index in [1.165, 1.54) is 0 Å². The van der Waals surface area contributed by atoms with Gasteiger partial charge in [-0.2, -0.15) is 0 Å². The van der Waals surface area contributed by atoms with Gasteiger partial charge in [-0.25, -0.2) is 0 Å². The Morgan fingerprint density at radius 2 is 2.05 bits per heavy atom. The monoisotopic (exact) mass is 303 g/mol. The lowest BCUT2D eigenvalue weighted by Gasteiger charge is -2.28. The van der Waals surface area contributed by atoms with E-state index in [9.17, 15) is 5.11 Å². The summed E-state index contributed by atoms with van der Waals surface area (Å²) in [7, 11) is 1.59. The number of hydrogen-bond donors (Lipinski definition) is 2. The van der Waals surface area contributed by atoms with Gasteiger partial charge >= 0.3 is 0 Å². The summed E-state index contributed by atoms with van der Waals surface area (Å²) in [5.41, 5.74) is 0.915. The van der Waals surface area contributed by atoms with Crippen molar-refractivity contribution in [2.75, 3.05) is 7.11 Å². The Hall–Kier alpha value is -0.480. The van der Waals surface area contributed by atoms with Crippen LogP contribution in [0.1, 0.15) is 31.2 Å². The highest BCUT2D eigenvalue weighted by molar-refractivity contribution is 6.35. The van der Waals surface area contributed by atoms with E-state index in [2.05, 4.69) is 5.32 Å². The van der Waals surface area contributed by atoms with Crippen LogP contribution >= 0.6 is 23.2 Å². The molecule has 0 aromatic heterocycles. The zero-order valence-electron chi connectivity index (χ0n) is 11.0. The van der Waals surface area contributed by atoms with E-state index in [1.807, 2.05) is 6.07 Å². The minimum atomic E-state index is -0.269. The van der Waals surface area contributed by atoms with Gasteiger partial charge in [0.25, 0.3) is 0 Å². The Morgan fingerprint density at radius 3 is 2.74 bits per heavy atom. The second-order valence-corrected chi connectivity index (χ2v) is 5.76. The molecule has 3 nitrogen and oxygen atoms in total. The molecule has 1 saturated carbocycles. The van der Waals surface area contributed by atoms with Crippen molar-refractivity contribution in [3.63, 3.8) is 0 Å². The van der Waals surface area contributed by atoms with E-state index in [-0.39, 0.29) is 12.1 Å². The molecule has 2 atom stereocenters. The van der Waals surface area contributed by atoms with Gasteiger partial charge in [0.15, 0.2) is 0 Å². The summed E-state index contributed by atoms with van der Waals surface area (Å²) < 4.78 is 5.30. The fourth-order valence-electron chi connectivity index (χ4n) is 2.56. The molecule has 1 aliphatic carbocycles. The van der Waals surface area contributed by atoms with Crippen LogP contribution in [0.2, 0.25) is 10.0 Å². The van der Waals surface area contributed by atoms with Crippen molar-refractivity contribution >= 4 is 23.2 Å². The molecular formula is C14H19Cl2NO2. The summed E-state index contributed by atoms with van der Waals surface area (Å²) in [6.45, 7) is 0.588. The van der Waals surface area contributed by atoms with Crippen molar-refractivity contribution in [1.82, 2.24) is 5.32 Å². The molecule has 0 saturated heterocycles. The highest BCUT2D eigenvalue weighted by Crippen LogP contribution is 2.32. The molecule has 106 valence electrons. The first-order chi connectivity index (χ1) is 9.11. The zero-order valence-corrected chi connectivity index (χ0v) is 12.5. The van der Waals surface area contributed by atoms with Gasteiger partial charge in [-0.1, -0.05) is 36.0 Å². The van der Waals surface area contributed by atoms with Gasteiger partial charge in [0.2, 0.25) is 0 Å². The summed E-state index contributed by atoms with van der Waals surface area (Å²) >= 11 is 12.1. The van der Waals surface area contributed by atoms with E-state index in [0.29, 0.717) is 22.3 Å². The molecule has 0 spiro atoms. The van der Waals surface area contributed by atoms with Crippen LogP contribution in [0.25, 0.3) is 0 Å². The molecule has 0 bridgehead atoms. The Bertz CT molecular complexity index is 440. The summed E-state index contributed by atoms with van der Waals surface area (Å²) in [4.78, 5) is 0. The van der Waals surface area contributed by atoms with Gasteiger partial charge < -0.3 is 15.2 Å². The molecular weight excluding hydrogens is 285 g/mol. The van der Waals surface area contributed by atoms with Crippen LogP contribution in [0.15, 0.2) is 12.1 Å². The topological polar surface area (TPSA) is 41.5 Å². The molecule has 0 amide bonds. The second-order valence-electron chi connectivity index (χ2n) is 4.92. The molecule has 1 aromatic rings. The van der Waals surface area contributed by atoms with Crippen LogP contribution in [0.5, 0.6) is 5.75 Å². The number of hydrogen-bond acceptors (Lipinski definition) is 3. The maximum Gasteiger partial charge on any atom is 0.142 e. The van der Waals surface area contributed by atoms with Gasteiger partial charge in [-0.15, -0.1) is 0 Å². The molecule has 2 N–H and O–H groups in total. The SMILES string of the molecule is COc1c(Cl)cc(Cl)cc1CNC1CCCCC1O. The number of rotatable bonds is 4. The predicted molar refractivity (Wildman–Crippen MR) is 78.1 cm³/mol. The third-order valence-electron chi connectivity index (χ3n) is 3.57. The number of halogens is 2. The van der Waals surface area contributed by atoms with Crippen molar-refractivity contribution in [2.45, 2.75) is 44.4 Å². The molecule has 2 unspecified atom stereocenters. The Labute approximate surface area is 123 Å². The first kappa shape index (κ1) is 14.9. The average Bonchev–Trinajstić information content (AvgIpc) is 2.37. The summed E-state index contributed by atoms with van der Waals surface area (Å²) in [6, 6.07) is 3.64. The molecule has 1 fully saturated rings. The Balaban J connectivity index is 2.06. The van der Waals surface area contributed by atoms with Gasteiger partial charge in [0, 0.05) is 23.2 Å². The minimum Gasteiger partial charge on any atom is -0.495 e. The molecule has 0 aliphatic heterocycles. The predicted octanol–water partition coefficient (Wildman–Crippen LogP) is 3.40. The van der Waals surface area contributed by atoms with E-state index in [1.54, 1.807) is 13.2 Å². The largest absolute Gasteiger partial charge is 0.495 e. The van der Waals surface area contributed by atoms with Crippen molar-refractivity contribution < 1.29 is 9.84 Å². The maximum atomic E-state index is 9.94. The summed E-state index contributed by atoms with van der Waals surface area (Å²) in [5, 5.41) is 14.4. The zero-order chi connectivity index (χ0) is 13.8. The number of benzene rings is 1. The summed E-state index contributed by atoms with van der Waals surface area (Å²) in [5.74, 6) is 0.642. The quantitative estimate of drug-likeness (QED) is 0.896. The molecule has 2 rings (SSSR count). The first-order valence-corrected chi connectivity index (χ1v) is 7.30. The van der Waals surface area contributed by atoms with Crippen LogP contribution in [-0.4, -0.2) is 24.4 Å². The normalized spacial score (nSPS) is 23.4. The van der Waals surface area contributed by atoms with Gasteiger partial charge in [0.05, 0.1) is 18.2 Å².